The van der Waals surface area contributed by atoms with E-state index in [-0.39, 0.29) is 5.75 Å². The maximum atomic E-state index is 9.78. The molecule has 1 aliphatic heterocycles. The molecule has 0 radical (unpaired) electrons. The average molecular weight is 443 g/mol. The first kappa shape index (κ1) is 17.8. The molecule has 1 aromatic heterocycles. The highest BCUT2D eigenvalue weighted by atomic mass is 79.9. The van der Waals surface area contributed by atoms with Crippen LogP contribution in [-0.2, 0) is 0 Å². The summed E-state index contributed by atoms with van der Waals surface area (Å²) in [5, 5.41) is 22.2. The van der Waals surface area contributed by atoms with E-state index >= 15 is 0 Å². The Morgan fingerprint density at radius 3 is 2.93 bits per heavy atom. The molecule has 0 spiro atoms. The van der Waals surface area contributed by atoms with E-state index in [0.717, 1.165) is 16.8 Å². The summed E-state index contributed by atoms with van der Waals surface area (Å²) in [6.45, 7) is 3.71. The molecule has 0 bridgehead atoms. The Bertz CT molecular complexity index is 1010. The number of halogens is 1. The van der Waals surface area contributed by atoms with Crippen molar-refractivity contribution >= 4 is 33.4 Å². The number of aromatic hydroxyl groups is 1. The predicted molar refractivity (Wildman–Crippen MR) is 109 cm³/mol. The smallest absolute Gasteiger partial charge is 0.247 e. The Balaban J connectivity index is 1.80. The summed E-state index contributed by atoms with van der Waals surface area (Å²) in [5.41, 5.74) is 3.16. The zero-order valence-corrected chi connectivity index (χ0v) is 16.5. The minimum atomic E-state index is -0.502. The number of thioether (sulfide) groups is 1. The van der Waals surface area contributed by atoms with Gasteiger partial charge in [-0.25, -0.2) is 0 Å². The van der Waals surface area contributed by atoms with Gasteiger partial charge in [0.2, 0.25) is 11.0 Å². The highest BCUT2D eigenvalue weighted by Crippen LogP contribution is 2.40. The van der Waals surface area contributed by atoms with Gasteiger partial charge in [-0.15, -0.1) is 16.8 Å². The van der Waals surface area contributed by atoms with Crippen LogP contribution >= 0.6 is 27.7 Å². The van der Waals surface area contributed by atoms with Crippen molar-refractivity contribution in [3.63, 3.8) is 0 Å². The summed E-state index contributed by atoms with van der Waals surface area (Å²) in [5.74, 6) is 1.26. The van der Waals surface area contributed by atoms with Gasteiger partial charge in [-0.1, -0.05) is 36.0 Å². The van der Waals surface area contributed by atoms with Crippen LogP contribution in [-0.4, -0.2) is 26.0 Å². The Hall–Kier alpha value is -2.58. The minimum absolute atomic E-state index is 0.167. The number of nitrogens with one attached hydrogen (secondary N) is 1. The van der Waals surface area contributed by atoms with Crippen LogP contribution in [0.25, 0.3) is 11.3 Å². The van der Waals surface area contributed by atoms with E-state index in [1.165, 1.54) is 11.8 Å². The number of nitrogens with zero attached hydrogens (tertiary/aromatic N) is 3. The van der Waals surface area contributed by atoms with Crippen molar-refractivity contribution in [1.29, 1.82) is 0 Å². The maximum absolute atomic E-state index is 9.78. The Morgan fingerprint density at radius 2 is 2.11 bits per heavy atom. The lowest BCUT2D eigenvalue weighted by molar-refractivity contribution is 0.225. The van der Waals surface area contributed by atoms with Gasteiger partial charge in [0, 0.05) is 22.6 Å². The van der Waals surface area contributed by atoms with Crippen LogP contribution in [0.4, 0.5) is 5.69 Å². The molecule has 0 amide bonds. The maximum Gasteiger partial charge on any atom is 0.247 e. The third-order valence-electron chi connectivity index (χ3n) is 3.94. The standard InChI is InChI=1S/C19H15BrN4O2S/c1-2-9-27-19-22-18-16(23-24-19)12-5-3-4-6-14(12)21-17(26-18)11-7-8-15(25)13(20)10-11/h2-8,10,17,21,25H,1,9H2/t17-/m0/s1. The fourth-order valence-electron chi connectivity index (χ4n) is 2.68. The number of para-hydroxylation sites is 1. The number of fused-ring (bicyclic) bond motifs is 3. The zero-order valence-electron chi connectivity index (χ0n) is 14.1. The van der Waals surface area contributed by atoms with Crippen molar-refractivity contribution in [3.05, 3.63) is 65.2 Å². The molecule has 0 unspecified atom stereocenters. The van der Waals surface area contributed by atoms with Gasteiger partial charge < -0.3 is 15.2 Å². The first-order chi connectivity index (χ1) is 13.2. The fraction of sp³-hybridized carbons (Fsp3) is 0.105. The second kappa shape index (κ2) is 7.58. The third kappa shape index (κ3) is 3.63. The van der Waals surface area contributed by atoms with E-state index < -0.39 is 6.23 Å². The molecule has 0 fully saturated rings. The van der Waals surface area contributed by atoms with Gasteiger partial charge in [-0.2, -0.15) is 4.98 Å². The Kier molecular flexibility index (Phi) is 5.00. The van der Waals surface area contributed by atoms with E-state index in [2.05, 4.69) is 43.0 Å². The number of rotatable bonds is 4. The minimum Gasteiger partial charge on any atom is -0.507 e. The van der Waals surface area contributed by atoms with Crippen LogP contribution in [0.3, 0.4) is 0 Å². The van der Waals surface area contributed by atoms with Crippen LogP contribution in [0.1, 0.15) is 11.8 Å². The molecule has 0 aliphatic carbocycles. The molecule has 2 N–H and O–H groups in total. The van der Waals surface area contributed by atoms with Gasteiger partial charge in [-0.3, -0.25) is 0 Å². The number of ether oxygens (including phenoxy) is 1. The lowest BCUT2D eigenvalue weighted by atomic mass is 10.1. The van der Waals surface area contributed by atoms with Crippen molar-refractivity contribution < 1.29 is 9.84 Å². The van der Waals surface area contributed by atoms with Crippen molar-refractivity contribution in [2.24, 2.45) is 0 Å². The SMILES string of the molecule is C=CCSc1nnc2c(n1)O[C@@H](c1ccc(O)c(Br)c1)Nc1ccccc1-2. The van der Waals surface area contributed by atoms with Gasteiger partial charge in [0.1, 0.15) is 5.75 Å². The summed E-state index contributed by atoms with van der Waals surface area (Å²) < 4.78 is 6.76. The topological polar surface area (TPSA) is 80.2 Å². The summed E-state index contributed by atoms with van der Waals surface area (Å²) in [6.07, 6.45) is 1.28. The summed E-state index contributed by atoms with van der Waals surface area (Å²) >= 11 is 4.79. The average Bonchev–Trinajstić information content (AvgIpc) is 2.85. The second-order valence-electron chi connectivity index (χ2n) is 5.75. The number of phenolic OH excluding ortho intramolecular Hbond substituents is 1. The van der Waals surface area contributed by atoms with Crippen LogP contribution in [0.2, 0.25) is 0 Å². The number of benzene rings is 2. The normalized spacial score (nSPS) is 14.9. The van der Waals surface area contributed by atoms with Gasteiger partial charge in [0.15, 0.2) is 11.9 Å². The van der Waals surface area contributed by atoms with Crippen LogP contribution in [0, 0.1) is 0 Å². The van der Waals surface area contributed by atoms with Gasteiger partial charge in [0.25, 0.3) is 0 Å². The monoisotopic (exact) mass is 442 g/mol. The molecule has 2 heterocycles. The van der Waals surface area contributed by atoms with Crippen LogP contribution in [0.15, 0.2) is 64.7 Å². The van der Waals surface area contributed by atoms with Crippen molar-refractivity contribution in [2.45, 2.75) is 11.4 Å². The first-order valence-corrected chi connectivity index (χ1v) is 9.93. The molecule has 27 heavy (non-hydrogen) atoms. The Labute approximate surface area is 168 Å². The predicted octanol–water partition coefficient (Wildman–Crippen LogP) is 4.79. The van der Waals surface area contributed by atoms with Gasteiger partial charge in [-0.05, 0) is 40.2 Å². The van der Waals surface area contributed by atoms with Crippen LogP contribution < -0.4 is 10.1 Å². The molecule has 0 saturated carbocycles. The molecular weight excluding hydrogens is 428 g/mol. The summed E-state index contributed by atoms with van der Waals surface area (Å²) in [6, 6.07) is 13.0. The number of hydrogen-bond donors (Lipinski definition) is 2. The van der Waals surface area contributed by atoms with E-state index in [4.69, 9.17) is 4.74 Å². The highest BCUT2D eigenvalue weighted by Gasteiger charge is 2.26. The molecule has 3 aromatic rings. The van der Waals surface area contributed by atoms with Crippen molar-refractivity contribution in [3.8, 4) is 22.9 Å². The summed E-state index contributed by atoms with van der Waals surface area (Å²) in [7, 11) is 0. The van der Waals surface area contributed by atoms with Crippen molar-refractivity contribution in [2.75, 3.05) is 11.1 Å². The molecule has 136 valence electrons. The van der Waals surface area contributed by atoms with Crippen LogP contribution in [0.5, 0.6) is 11.6 Å². The van der Waals surface area contributed by atoms with E-state index in [1.54, 1.807) is 18.2 Å². The zero-order chi connectivity index (χ0) is 18.8. The number of anilines is 1. The molecule has 1 atom stereocenters. The van der Waals surface area contributed by atoms with E-state index in [0.29, 0.717) is 27.0 Å². The van der Waals surface area contributed by atoms with Gasteiger partial charge in [0.05, 0.1) is 4.47 Å². The number of aromatic nitrogens is 3. The van der Waals surface area contributed by atoms with E-state index in [9.17, 15) is 5.11 Å². The molecule has 4 rings (SSSR count). The largest absolute Gasteiger partial charge is 0.507 e. The molecular formula is C19H15BrN4O2S. The first-order valence-electron chi connectivity index (χ1n) is 8.15. The number of hydrogen-bond acceptors (Lipinski definition) is 7. The number of phenols is 1. The Morgan fingerprint density at radius 1 is 1.26 bits per heavy atom. The second-order valence-corrected chi connectivity index (χ2v) is 7.59. The highest BCUT2D eigenvalue weighted by molar-refractivity contribution is 9.10. The quantitative estimate of drug-likeness (QED) is 0.444. The molecule has 0 saturated heterocycles. The molecule has 2 aromatic carbocycles. The fourth-order valence-corrected chi connectivity index (χ4v) is 3.59. The van der Waals surface area contributed by atoms with E-state index in [1.807, 2.05) is 30.3 Å². The van der Waals surface area contributed by atoms with Crippen molar-refractivity contribution in [1.82, 2.24) is 15.2 Å². The third-order valence-corrected chi connectivity index (χ3v) is 5.41. The molecule has 1 aliphatic rings. The molecule has 6 nitrogen and oxygen atoms in total. The lowest BCUT2D eigenvalue weighted by Crippen LogP contribution is -2.17. The molecule has 8 heteroatoms. The summed E-state index contributed by atoms with van der Waals surface area (Å²) in [4.78, 5) is 4.54. The van der Waals surface area contributed by atoms with Gasteiger partial charge >= 0.3 is 0 Å². The lowest BCUT2D eigenvalue weighted by Gasteiger charge is -2.19.